The molecular formula is C19H21ClF2N2O3S2. The highest BCUT2D eigenvalue weighted by Crippen LogP contribution is 2.20. The minimum atomic E-state index is -3.85. The van der Waals surface area contributed by atoms with Gasteiger partial charge in [-0.15, -0.1) is 0 Å². The molecule has 0 atom stereocenters. The Morgan fingerprint density at radius 1 is 1.17 bits per heavy atom. The normalized spacial score (nSPS) is 11.3. The van der Waals surface area contributed by atoms with Crippen molar-refractivity contribution >= 4 is 45.0 Å². The van der Waals surface area contributed by atoms with Gasteiger partial charge in [-0.25, -0.2) is 17.2 Å². The second-order valence-electron chi connectivity index (χ2n) is 6.25. The molecule has 5 nitrogen and oxygen atoms in total. The van der Waals surface area contributed by atoms with Gasteiger partial charge in [0.1, 0.15) is 6.54 Å². The van der Waals surface area contributed by atoms with Crippen molar-refractivity contribution in [1.29, 1.82) is 0 Å². The fraction of sp³-hybridized carbons (Fsp3) is 0.316. The van der Waals surface area contributed by atoms with E-state index in [4.69, 9.17) is 11.6 Å². The van der Waals surface area contributed by atoms with Gasteiger partial charge < -0.3 is 5.32 Å². The van der Waals surface area contributed by atoms with E-state index in [-0.39, 0.29) is 5.69 Å². The summed E-state index contributed by atoms with van der Waals surface area (Å²) in [5, 5.41) is 3.33. The predicted octanol–water partition coefficient (Wildman–Crippen LogP) is 3.82. The third-order valence-electron chi connectivity index (χ3n) is 3.82. The summed E-state index contributed by atoms with van der Waals surface area (Å²) >= 11 is 7.62. The van der Waals surface area contributed by atoms with Crippen molar-refractivity contribution < 1.29 is 22.0 Å². The topological polar surface area (TPSA) is 66.5 Å². The summed E-state index contributed by atoms with van der Waals surface area (Å²) in [6.45, 7) is -0.143. The first-order valence-electron chi connectivity index (χ1n) is 8.68. The zero-order chi connectivity index (χ0) is 21.4. The van der Waals surface area contributed by atoms with Crippen LogP contribution in [0.2, 0.25) is 5.02 Å². The number of carbonyl (C=O) groups is 1. The maximum atomic E-state index is 13.4. The summed E-state index contributed by atoms with van der Waals surface area (Å²) in [5.41, 5.74) is 1.00. The van der Waals surface area contributed by atoms with E-state index in [2.05, 4.69) is 5.32 Å². The lowest BCUT2D eigenvalue weighted by Crippen LogP contribution is -2.40. The Hall–Kier alpha value is -1.84. The number of rotatable bonds is 10. The number of benzene rings is 2. The first-order chi connectivity index (χ1) is 13.7. The van der Waals surface area contributed by atoms with Gasteiger partial charge in [-0.05, 0) is 42.0 Å². The van der Waals surface area contributed by atoms with Gasteiger partial charge in [-0.1, -0.05) is 23.7 Å². The summed E-state index contributed by atoms with van der Waals surface area (Å²) in [4.78, 5) is 12.1. The first-order valence-corrected chi connectivity index (χ1v) is 12.1. The Bertz CT molecular complexity index is 958. The maximum absolute atomic E-state index is 13.4. The molecule has 2 aromatic rings. The second-order valence-corrected chi connectivity index (χ2v) is 9.70. The molecule has 0 spiro atoms. The zero-order valence-electron chi connectivity index (χ0n) is 15.7. The number of hydrogen-bond donors (Lipinski definition) is 1. The summed E-state index contributed by atoms with van der Waals surface area (Å²) in [7, 11) is -3.85. The number of amides is 1. The van der Waals surface area contributed by atoms with Crippen molar-refractivity contribution in [3.05, 3.63) is 64.7 Å². The standard InChI is InChI=1S/C19H21ClF2N2O3S2/c1-29(26,27)24(16-6-7-17(21)18(22)11-16)12-19(25)23-8-3-9-28-13-14-4-2-5-15(20)10-14/h2,4-7,10-11H,3,8-9,12-13H2,1H3,(H,23,25). The van der Waals surface area contributed by atoms with Crippen molar-refractivity contribution in [3.8, 4) is 0 Å². The number of hydrogen-bond acceptors (Lipinski definition) is 4. The van der Waals surface area contributed by atoms with Gasteiger partial charge in [0.25, 0.3) is 0 Å². The molecule has 0 aromatic heterocycles. The molecule has 0 aliphatic heterocycles. The number of anilines is 1. The highest BCUT2D eigenvalue weighted by molar-refractivity contribution is 7.98. The maximum Gasteiger partial charge on any atom is 0.240 e. The molecule has 1 amide bonds. The average molecular weight is 463 g/mol. The molecule has 0 aliphatic carbocycles. The third-order valence-corrected chi connectivity index (χ3v) is 6.31. The van der Waals surface area contributed by atoms with Crippen LogP contribution >= 0.6 is 23.4 Å². The van der Waals surface area contributed by atoms with E-state index in [1.807, 2.05) is 24.3 Å². The lowest BCUT2D eigenvalue weighted by atomic mass is 10.2. The van der Waals surface area contributed by atoms with Gasteiger partial charge in [0.15, 0.2) is 11.6 Å². The summed E-state index contributed by atoms with van der Waals surface area (Å²) in [5.74, 6) is -1.21. The fourth-order valence-electron chi connectivity index (χ4n) is 2.45. The monoisotopic (exact) mass is 462 g/mol. The van der Waals surface area contributed by atoms with Crippen LogP contribution < -0.4 is 9.62 Å². The zero-order valence-corrected chi connectivity index (χ0v) is 18.1. The molecule has 158 valence electrons. The van der Waals surface area contributed by atoms with Gasteiger partial charge in [-0.3, -0.25) is 9.10 Å². The molecule has 0 bridgehead atoms. The molecule has 0 heterocycles. The smallest absolute Gasteiger partial charge is 0.240 e. The van der Waals surface area contributed by atoms with Crippen LogP contribution in [0.3, 0.4) is 0 Å². The highest BCUT2D eigenvalue weighted by Gasteiger charge is 2.21. The highest BCUT2D eigenvalue weighted by atomic mass is 35.5. The summed E-state index contributed by atoms with van der Waals surface area (Å²) < 4.78 is 51.2. The molecule has 0 radical (unpaired) electrons. The fourth-order valence-corrected chi connectivity index (χ4v) is 4.41. The third kappa shape index (κ3) is 7.83. The number of sulfonamides is 1. The van der Waals surface area contributed by atoms with Crippen LogP contribution in [0.15, 0.2) is 42.5 Å². The Balaban J connectivity index is 1.79. The number of thioether (sulfide) groups is 1. The van der Waals surface area contributed by atoms with Crippen LogP contribution in [0.25, 0.3) is 0 Å². The quantitative estimate of drug-likeness (QED) is 0.545. The summed E-state index contributed by atoms with van der Waals surface area (Å²) in [6, 6.07) is 10.3. The first kappa shape index (κ1) is 23.4. The van der Waals surface area contributed by atoms with Crippen LogP contribution in [0.1, 0.15) is 12.0 Å². The molecule has 2 aromatic carbocycles. The molecule has 1 N–H and O–H groups in total. The molecule has 0 fully saturated rings. The second kappa shape index (κ2) is 10.8. The van der Waals surface area contributed by atoms with Gasteiger partial charge >= 0.3 is 0 Å². The van der Waals surface area contributed by atoms with E-state index < -0.39 is 34.1 Å². The predicted molar refractivity (Wildman–Crippen MR) is 114 cm³/mol. The lowest BCUT2D eigenvalue weighted by molar-refractivity contribution is -0.119. The lowest BCUT2D eigenvalue weighted by Gasteiger charge is -2.22. The molecule has 0 unspecified atom stereocenters. The van der Waals surface area contributed by atoms with E-state index in [9.17, 15) is 22.0 Å². The van der Waals surface area contributed by atoms with Crippen molar-refractivity contribution in [2.24, 2.45) is 0 Å². The van der Waals surface area contributed by atoms with Crippen LogP contribution in [0.4, 0.5) is 14.5 Å². The van der Waals surface area contributed by atoms with Gasteiger partial charge in [-0.2, -0.15) is 11.8 Å². The Morgan fingerprint density at radius 3 is 2.59 bits per heavy atom. The largest absolute Gasteiger partial charge is 0.354 e. The van der Waals surface area contributed by atoms with E-state index in [1.54, 1.807) is 11.8 Å². The van der Waals surface area contributed by atoms with Crippen molar-refractivity contribution in [1.82, 2.24) is 5.32 Å². The Morgan fingerprint density at radius 2 is 1.93 bits per heavy atom. The van der Waals surface area contributed by atoms with E-state index >= 15 is 0 Å². The minimum absolute atomic E-state index is 0.112. The van der Waals surface area contributed by atoms with Gasteiger partial charge in [0, 0.05) is 23.4 Å². The molecule has 0 aliphatic rings. The van der Waals surface area contributed by atoms with Crippen molar-refractivity contribution in [2.75, 3.05) is 29.4 Å². The molecule has 29 heavy (non-hydrogen) atoms. The van der Waals surface area contributed by atoms with Crippen LogP contribution in [-0.4, -0.2) is 39.4 Å². The number of halogens is 3. The number of carbonyl (C=O) groups excluding carboxylic acids is 1. The molecule has 10 heteroatoms. The molecule has 0 saturated carbocycles. The van der Waals surface area contributed by atoms with Crippen LogP contribution in [0, 0.1) is 11.6 Å². The Labute approximate surface area is 178 Å². The van der Waals surface area contributed by atoms with E-state index in [0.717, 1.165) is 45.8 Å². The number of nitrogens with zero attached hydrogens (tertiary/aromatic N) is 1. The van der Waals surface area contributed by atoms with Crippen molar-refractivity contribution in [2.45, 2.75) is 12.2 Å². The van der Waals surface area contributed by atoms with E-state index in [0.29, 0.717) is 18.0 Å². The van der Waals surface area contributed by atoms with Gasteiger partial charge in [0.05, 0.1) is 11.9 Å². The minimum Gasteiger partial charge on any atom is -0.354 e. The van der Waals surface area contributed by atoms with Gasteiger partial charge in [0.2, 0.25) is 15.9 Å². The average Bonchev–Trinajstić information content (AvgIpc) is 2.64. The number of nitrogens with one attached hydrogen (secondary N) is 1. The summed E-state index contributed by atoms with van der Waals surface area (Å²) in [6.07, 6.45) is 1.59. The van der Waals surface area contributed by atoms with Crippen LogP contribution in [-0.2, 0) is 20.6 Å². The molecular weight excluding hydrogens is 442 g/mol. The van der Waals surface area contributed by atoms with Crippen LogP contribution in [0.5, 0.6) is 0 Å². The SMILES string of the molecule is CS(=O)(=O)N(CC(=O)NCCCSCc1cccc(Cl)c1)c1ccc(F)c(F)c1. The van der Waals surface area contributed by atoms with E-state index in [1.165, 1.54) is 0 Å². The van der Waals surface area contributed by atoms with Crippen molar-refractivity contribution in [3.63, 3.8) is 0 Å². The molecule has 2 rings (SSSR count). The Kier molecular flexibility index (Phi) is 8.73. The molecule has 0 saturated heterocycles.